The maximum Gasteiger partial charge on any atom is 0.0685 e. The lowest BCUT2D eigenvalue weighted by molar-refractivity contribution is 0.797. The van der Waals surface area contributed by atoms with Gasteiger partial charge in [-0.3, -0.25) is 4.68 Å². The average Bonchev–Trinajstić information content (AvgIpc) is 2.71. The van der Waals surface area contributed by atoms with Gasteiger partial charge in [-0.2, -0.15) is 5.10 Å². The van der Waals surface area contributed by atoms with Gasteiger partial charge in [0.25, 0.3) is 0 Å². The van der Waals surface area contributed by atoms with Gasteiger partial charge in [0.05, 0.1) is 11.7 Å². The molecule has 3 aromatic rings. The van der Waals surface area contributed by atoms with E-state index in [1.807, 2.05) is 42.2 Å². The summed E-state index contributed by atoms with van der Waals surface area (Å²) in [6.45, 7) is 0. The van der Waals surface area contributed by atoms with Crippen molar-refractivity contribution in [2.45, 2.75) is 0 Å². The number of hydrogen-bond donors (Lipinski definition) is 0. The first-order valence-corrected chi connectivity index (χ1v) is 5.80. The van der Waals surface area contributed by atoms with E-state index in [0.717, 1.165) is 27.1 Å². The highest BCUT2D eigenvalue weighted by Crippen LogP contribution is 2.29. The topological polar surface area (TPSA) is 17.8 Å². The number of fused-ring (bicyclic) bond motifs is 1. The molecule has 0 atom stereocenters. The van der Waals surface area contributed by atoms with Crippen LogP contribution >= 0.6 is 11.6 Å². The molecule has 17 heavy (non-hydrogen) atoms. The normalized spacial score (nSPS) is 10.9. The molecular formula is C14H11ClN2. The third-order valence-electron chi connectivity index (χ3n) is 2.93. The zero-order chi connectivity index (χ0) is 11.8. The zero-order valence-electron chi connectivity index (χ0n) is 9.39. The van der Waals surface area contributed by atoms with Crippen molar-refractivity contribution in [3.05, 3.63) is 53.7 Å². The van der Waals surface area contributed by atoms with E-state index in [9.17, 15) is 0 Å². The van der Waals surface area contributed by atoms with Crippen LogP contribution in [0, 0.1) is 0 Å². The molecule has 0 radical (unpaired) electrons. The molecule has 84 valence electrons. The van der Waals surface area contributed by atoms with Crippen LogP contribution in [0.5, 0.6) is 0 Å². The summed E-state index contributed by atoms with van der Waals surface area (Å²) in [4.78, 5) is 0. The first-order chi connectivity index (χ1) is 8.25. The van der Waals surface area contributed by atoms with Gasteiger partial charge in [0.1, 0.15) is 0 Å². The van der Waals surface area contributed by atoms with Crippen molar-refractivity contribution in [1.29, 1.82) is 0 Å². The van der Waals surface area contributed by atoms with Crippen LogP contribution in [0.1, 0.15) is 0 Å². The highest BCUT2D eigenvalue weighted by molar-refractivity contribution is 6.30. The predicted octanol–water partition coefficient (Wildman–Crippen LogP) is 3.89. The average molecular weight is 243 g/mol. The van der Waals surface area contributed by atoms with Crippen molar-refractivity contribution in [3.8, 4) is 11.1 Å². The molecule has 2 nitrogen and oxygen atoms in total. The number of aromatic nitrogens is 2. The molecule has 1 heterocycles. The number of rotatable bonds is 1. The van der Waals surface area contributed by atoms with Gasteiger partial charge in [-0.05, 0) is 29.3 Å². The monoisotopic (exact) mass is 242 g/mol. The van der Waals surface area contributed by atoms with Gasteiger partial charge in [0.2, 0.25) is 0 Å². The first kappa shape index (κ1) is 10.4. The maximum atomic E-state index is 6.03. The minimum Gasteiger partial charge on any atom is -0.268 e. The maximum absolute atomic E-state index is 6.03. The first-order valence-electron chi connectivity index (χ1n) is 5.42. The molecule has 3 heteroatoms. The van der Waals surface area contributed by atoms with E-state index in [-0.39, 0.29) is 0 Å². The summed E-state index contributed by atoms with van der Waals surface area (Å²) in [5.41, 5.74) is 3.41. The molecule has 0 spiro atoms. The van der Waals surface area contributed by atoms with Gasteiger partial charge in [-0.15, -0.1) is 0 Å². The van der Waals surface area contributed by atoms with Gasteiger partial charge < -0.3 is 0 Å². The standard InChI is InChI=1S/C14H11ClN2/c1-17-14-7-3-6-12(13(14)9-16-17)10-4-2-5-11(15)8-10/h2-9H,1H3. The Morgan fingerprint density at radius 3 is 2.76 bits per heavy atom. The molecule has 0 fully saturated rings. The van der Waals surface area contributed by atoms with Crippen LogP contribution in [0.2, 0.25) is 5.02 Å². The highest BCUT2D eigenvalue weighted by Gasteiger charge is 2.06. The van der Waals surface area contributed by atoms with Crippen molar-refractivity contribution >= 4 is 22.5 Å². The molecule has 3 rings (SSSR count). The van der Waals surface area contributed by atoms with Crippen molar-refractivity contribution in [1.82, 2.24) is 9.78 Å². The molecule has 0 aliphatic heterocycles. The van der Waals surface area contributed by atoms with Gasteiger partial charge >= 0.3 is 0 Å². The van der Waals surface area contributed by atoms with E-state index < -0.39 is 0 Å². The summed E-state index contributed by atoms with van der Waals surface area (Å²) >= 11 is 6.03. The molecule has 0 N–H and O–H groups in total. The molecule has 1 aromatic heterocycles. The summed E-state index contributed by atoms with van der Waals surface area (Å²) in [5.74, 6) is 0. The number of nitrogens with zero attached hydrogens (tertiary/aromatic N) is 2. The largest absolute Gasteiger partial charge is 0.268 e. The van der Waals surface area contributed by atoms with Crippen LogP contribution in [0.25, 0.3) is 22.0 Å². The molecular weight excluding hydrogens is 232 g/mol. The van der Waals surface area contributed by atoms with E-state index >= 15 is 0 Å². The molecule has 2 aromatic carbocycles. The third kappa shape index (κ3) is 1.71. The molecule has 0 amide bonds. The fraction of sp³-hybridized carbons (Fsp3) is 0.0714. The van der Waals surface area contributed by atoms with Crippen LogP contribution in [-0.2, 0) is 7.05 Å². The number of aryl methyl sites for hydroxylation is 1. The second-order valence-corrected chi connectivity index (χ2v) is 4.45. The lowest BCUT2D eigenvalue weighted by Gasteiger charge is -2.04. The van der Waals surface area contributed by atoms with Gasteiger partial charge in [-0.25, -0.2) is 0 Å². The van der Waals surface area contributed by atoms with Crippen LogP contribution in [-0.4, -0.2) is 9.78 Å². The van der Waals surface area contributed by atoms with Crippen molar-refractivity contribution in [3.63, 3.8) is 0 Å². The summed E-state index contributed by atoms with van der Waals surface area (Å²) in [6, 6.07) is 14.1. The van der Waals surface area contributed by atoms with E-state index in [1.165, 1.54) is 0 Å². The molecule has 0 saturated carbocycles. The van der Waals surface area contributed by atoms with Gasteiger partial charge in [-0.1, -0.05) is 35.9 Å². The van der Waals surface area contributed by atoms with Crippen LogP contribution in [0.3, 0.4) is 0 Å². The number of benzene rings is 2. The minimum atomic E-state index is 0.753. The Kier molecular flexibility index (Phi) is 2.37. The Morgan fingerprint density at radius 2 is 1.94 bits per heavy atom. The Morgan fingerprint density at radius 1 is 1.12 bits per heavy atom. The molecule has 0 bridgehead atoms. The third-order valence-corrected chi connectivity index (χ3v) is 3.16. The fourth-order valence-electron chi connectivity index (χ4n) is 2.09. The van der Waals surface area contributed by atoms with Crippen molar-refractivity contribution < 1.29 is 0 Å². The summed E-state index contributed by atoms with van der Waals surface area (Å²) in [7, 11) is 1.95. The molecule has 0 unspecified atom stereocenters. The lowest BCUT2D eigenvalue weighted by atomic mass is 10.0. The zero-order valence-corrected chi connectivity index (χ0v) is 10.1. The quantitative estimate of drug-likeness (QED) is 0.633. The summed E-state index contributed by atoms with van der Waals surface area (Å²) < 4.78 is 1.88. The Hall–Kier alpha value is -1.80. The molecule has 0 aliphatic rings. The SMILES string of the molecule is Cn1ncc2c(-c3cccc(Cl)c3)cccc21. The second-order valence-electron chi connectivity index (χ2n) is 4.02. The van der Waals surface area contributed by atoms with E-state index in [1.54, 1.807) is 0 Å². The Labute approximate surface area is 104 Å². The fourth-order valence-corrected chi connectivity index (χ4v) is 2.28. The van der Waals surface area contributed by atoms with Gasteiger partial charge in [0, 0.05) is 17.5 Å². The number of hydrogen-bond acceptors (Lipinski definition) is 1. The van der Waals surface area contributed by atoms with Crippen LogP contribution in [0.15, 0.2) is 48.7 Å². The van der Waals surface area contributed by atoms with Gasteiger partial charge in [0.15, 0.2) is 0 Å². The van der Waals surface area contributed by atoms with Crippen LogP contribution in [0.4, 0.5) is 0 Å². The van der Waals surface area contributed by atoms with Crippen molar-refractivity contribution in [2.75, 3.05) is 0 Å². The highest BCUT2D eigenvalue weighted by atomic mass is 35.5. The van der Waals surface area contributed by atoms with E-state index in [0.29, 0.717) is 0 Å². The minimum absolute atomic E-state index is 0.753. The predicted molar refractivity (Wildman–Crippen MR) is 71.2 cm³/mol. The second kappa shape index (κ2) is 3.90. The lowest BCUT2D eigenvalue weighted by Crippen LogP contribution is -1.88. The smallest absolute Gasteiger partial charge is 0.0685 e. The number of halogens is 1. The van der Waals surface area contributed by atoms with Crippen LogP contribution < -0.4 is 0 Å². The summed E-state index contributed by atoms with van der Waals surface area (Å²) in [5, 5.41) is 6.19. The Balaban J connectivity index is 2.30. The van der Waals surface area contributed by atoms with Crippen molar-refractivity contribution in [2.24, 2.45) is 7.05 Å². The van der Waals surface area contributed by atoms with E-state index in [2.05, 4.69) is 23.3 Å². The van der Waals surface area contributed by atoms with E-state index in [4.69, 9.17) is 11.6 Å². The Bertz CT molecular complexity index is 686. The molecule has 0 saturated heterocycles. The summed E-state index contributed by atoms with van der Waals surface area (Å²) in [6.07, 6.45) is 1.89. The molecule has 0 aliphatic carbocycles.